The first-order valence-electron chi connectivity index (χ1n) is 9.39. The molecule has 0 aliphatic heterocycles. The van der Waals surface area contributed by atoms with Crippen LogP contribution in [-0.2, 0) is 13.0 Å². The molecule has 1 N–H and O–H groups in total. The summed E-state index contributed by atoms with van der Waals surface area (Å²) in [5.41, 5.74) is 3.72. The van der Waals surface area contributed by atoms with Crippen molar-refractivity contribution in [3.05, 3.63) is 71.8 Å². The molecule has 0 radical (unpaired) electrons. The van der Waals surface area contributed by atoms with Gasteiger partial charge in [0.05, 0.1) is 11.8 Å². The lowest BCUT2D eigenvalue weighted by atomic mass is 9.91. The Morgan fingerprint density at radius 1 is 0.920 bits per heavy atom. The third-order valence-corrected chi connectivity index (χ3v) is 5.91. The predicted octanol–water partition coefficient (Wildman–Crippen LogP) is 4.36. The second-order valence-corrected chi connectivity index (χ2v) is 7.43. The van der Waals surface area contributed by atoms with E-state index in [4.69, 9.17) is 0 Å². The molecule has 2 aromatic carbocycles. The summed E-state index contributed by atoms with van der Waals surface area (Å²) in [6.45, 7) is 1.91. The van der Waals surface area contributed by atoms with Gasteiger partial charge in [0.25, 0.3) is 0 Å². The van der Waals surface area contributed by atoms with Crippen molar-refractivity contribution in [2.24, 2.45) is 17.0 Å². The van der Waals surface area contributed by atoms with Gasteiger partial charge in [-0.25, -0.2) is 0 Å². The van der Waals surface area contributed by atoms with Crippen molar-refractivity contribution >= 4 is 5.71 Å². The van der Waals surface area contributed by atoms with Crippen LogP contribution in [0.4, 0.5) is 0 Å². The maximum absolute atomic E-state index is 9.62. The zero-order valence-electron chi connectivity index (χ0n) is 14.6. The van der Waals surface area contributed by atoms with Crippen molar-refractivity contribution in [1.82, 2.24) is 4.90 Å². The van der Waals surface area contributed by atoms with E-state index in [0.717, 1.165) is 25.2 Å². The number of benzene rings is 2. The third kappa shape index (κ3) is 3.47. The lowest BCUT2D eigenvalue weighted by Gasteiger charge is -2.35. The van der Waals surface area contributed by atoms with Crippen LogP contribution in [0.1, 0.15) is 30.4 Å². The second-order valence-electron chi connectivity index (χ2n) is 7.43. The van der Waals surface area contributed by atoms with Crippen LogP contribution in [0.2, 0.25) is 0 Å². The van der Waals surface area contributed by atoms with Crippen LogP contribution in [0.15, 0.2) is 65.8 Å². The average molecular weight is 334 g/mol. The highest BCUT2D eigenvalue weighted by Crippen LogP contribution is 2.45. The Kier molecular flexibility index (Phi) is 4.84. The van der Waals surface area contributed by atoms with Gasteiger partial charge in [0.15, 0.2) is 0 Å². The normalized spacial score (nSPS) is 26.6. The maximum Gasteiger partial charge on any atom is 0.0775 e. The Morgan fingerprint density at radius 3 is 2.28 bits per heavy atom. The van der Waals surface area contributed by atoms with Crippen molar-refractivity contribution in [3.8, 4) is 0 Å². The molecule has 0 amide bonds. The molecule has 0 heterocycles. The summed E-state index contributed by atoms with van der Waals surface area (Å²) in [6.07, 6.45) is 4.68. The average Bonchev–Trinajstić information content (AvgIpc) is 3.28. The summed E-state index contributed by atoms with van der Waals surface area (Å²) >= 11 is 0. The molecular weight excluding hydrogens is 308 g/mol. The van der Waals surface area contributed by atoms with Gasteiger partial charge < -0.3 is 5.21 Å². The molecular formula is C22H26N2O. The molecule has 3 heteroatoms. The van der Waals surface area contributed by atoms with Gasteiger partial charge in [0.2, 0.25) is 0 Å². The molecule has 2 saturated carbocycles. The molecule has 0 saturated heterocycles. The topological polar surface area (TPSA) is 35.8 Å². The molecule has 3 nitrogen and oxygen atoms in total. The number of hydrogen-bond donors (Lipinski definition) is 1. The van der Waals surface area contributed by atoms with Gasteiger partial charge in [-0.05, 0) is 42.7 Å². The van der Waals surface area contributed by atoms with E-state index in [0.29, 0.717) is 17.9 Å². The highest BCUT2D eigenvalue weighted by atomic mass is 16.4. The Hall–Kier alpha value is -2.13. The number of fused-ring (bicyclic) bond motifs is 2. The summed E-state index contributed by atoms with van der Waals surface area (Å²) in [6, 6.07) is 21.6. The molecule has 2 fully saturated rings. The molecule has 4 rings (SSSR count). The van der Waals surface area contributed by atoms with Crippen molar-refractivity contribution in [2.75, 3.05) is 6.54 Å². The summed E-state index contributed by atoms with van der Waals surface area (Å²) in [5.74, 6) is 1.14. The third-order valence-electron chi connectivity index (χ3n) is 5.91. The molecule has 25 heavy (non-hydrogen) atoms. The van der Waals surface area contributed by atoms with E-state index >= 15 is 0 Å². The molecule has 3 atom stereocenters. The van der Waals surface area contributed by atoms with Crippen LogP contribution in [0.5, 0.6) is 0 Å². The summed E-state index contributed by atoms with van der Waals surface area (Å²) in [7, 11) is 0. The standard InChI is InChI=1S/C22H26N2O/c25-23-21-19-11-12-20(15-19)22(21)24(16-18-9-5-2-6-10-18)14-13-17-7-3-1-4-8-17/h1-10,19-20,22,25H,11-16H2. The molecule has 2 bridgehead atoms. The molecule has 0 spiro atoms. The fourth-order valence-electron chi connectivity index (χ4n) is 4.73. The van der Waals surface area contributed by atoms with Gasteiger partial charge in [-0.15, -0.1) is 0 Å². The Balaban J connectivity index is 1.55. The minimum atomic E-state index is 0.299. The fourth-order valence-corrected chi connectivity index (χ4v) is 4.73. The molecule has 3 unspecified atom stereocenters. The Labute approximate surface area is 150 Å². The van der Waals surface area contributed by atoms with Crippen molar-refractivity contribution in [1.29, 1.82) is 0 Å². The van der Waals surface area contributed by atoms with E-state index in [1.165, 1.54) is 30.4 Å². The number of hydrogen-bond acceptors (Lipinski definition) is 3. The molecule has 0 aromatic heterocycles. The zero-order valence-corrected chi connectivity index (χ0v) is 14.6. The van der Waals surface area contributed by atoms with Crippen molar-refractivity contribution < 1.29 is 5.21 Å². The van der Waals surface area contributed by atoms with Gasteiger partial charge in [-0.3, -0.25) is 4.90 Å². The molecule has 2 aliphatic carbocycles. The first kappa shape index (κ1) is 16.3. The molecule has 2 aromatic rings. The van der Waals surface area contributed by atoms with Crippen molar-refractivity contribution in [2.45, 2.75) is 38.3 Å². The van der Waals surface area contributed by atoms with Crippen LogP contribution in [0.25, 0.3) is 0 Å². The highest BCUT2D eigenvalue weighted by molar-refractivity contribution is 5.94. The van der Waals surface area contributed by atoms with Crippen LogP contribution in [0, 0.1) is 11.8 Å². The van der Waals surface area contributed by atoms with Gasteiger partial charge in [-0.1, -0.05) is 65.8 Å². The summed E-state index contributed by atoms with van der Waals surface area (Å²) in [4.78, 5) is 2.54. The first-order chi connectivity index (χ1) is 12.3. The molecule has 2 aliphatic rings. The largest absolute Gasteiger partial charge is 0.411 e. The molecule has 130 valence electrons. The maximum atomic E-state index is 9.62. The first-order valence-corrected chi connectivity index (χ1v) is 9.39. The quantitative estimate of drug-likeness (QED) is 0.629. The van der Waals surface area contributed by atoms with Gasteiger partial charge >= 0.3 is 0 Å². The van der Waals surface area contributed by atoms with Crippen LogP contribution < -0.4 is 0 Å². The van der Waals surface area contributed by atoms with Crippen LogP contribution >= 0.6 is 0 Å². The monoisotopic (exact) mass is 334 g/mol. The van der Waals surface area contributed by atoms with E-state index in [1.54, 1.807) is 0 Å². The van der Waals surface area contributed by atoms with E-state index in [9.17, 15) is 5.21 Å². The van der Waals surface area contributed by atoms with E-state index in [1.807, 2.05) is 0 Å². The number of rotatable bonds is 6. The minimum Gasteiger partial charge on any atom is -0.411 e. The van der Waals surface area contributed by atoms with Crippen LogP contribution in [0.3, 0.4) is 0 Å². The second kappa shape index (κ2) is 7.40. The Morgan fingerprint density at radius 2 is 1.60 bits per heavy atom. The van der Waals surface area contributed by atoms with Crippen LogP contribution in [-0.4, -0.2) is 28.4 Å². The highest BCUT2D eigenvalue weighted by Gasteiger charge is 2.47. The van der Waals surface area contributed by atoms with Gasteiger partial charge in [0, 0.05) is 19.0 Å². The predicted molar refractivity (Wildman–Crippen MR) is 101 cm³/mol. The summed E-state index contributed by atoms with van der Waals surface area (Å²) in [5, 5.41) is 13.4. The fraction of sp³-hybridized carbons (Fsp3) is 0.409. The van der Waals surface area contributed by atoms with E-state index in [-0.39, 0.29) is 0 Å². The van der Waals surface area contributed by atoms with E-state index in [2.05, 4.69) is 70.7 Å². The van der Waals surface area contributed by atoms with Crippen molar-refractivity contribution in [3.63, 3.8) is 0 Å². The SMILES string of the molecule is ON=C1C2CCC(C2)C1N(CCc1ccccc1)Cc1ccccc1. The lowest BCUT2D eigenvalue weighted by Crippen LogP contribution is -2.45. The lowest BCUT2D eigenvalue weighted by molar-refractivity contribution is 0.185. The number of oxime groups is 1. The zero-order chi connectivity index (χ0) is 17.1. The minimum absolute atomic E-state index is 0.299. The van der Waals surface area contributed by atoms with Gasteiger partial charge in [0.1, 0.15) is 0 Å². The smallest absolute Gasteiger partial charge is 0.0775 e. The Bertz CT molecular complexity index is 713. The number of nitrogens with zero attached hydrogens (tertiary/aromatic N) is 2. The van der Waals surface area contributed by atoms with E-state index < -0.39 is 0 Å². The summed E-state index contributed by atoms with van der Waals surface area (Å²) < 4.78 is 0. The van der Waals surface area contributed by atoms with Gasteiger partial charge in [-0.2, -0.15) is 0 Å².